The van der Waals surface area contributed by atoms with Crippen molar-refractivity contribution < 1.29 is 22.7 Å². The van der Waals surface area contributed by atoms with Crippen LogP contribution in [0.1, 0.15) is 29.8 Å². The second kappa shape index (κ2) is 3.04. The van der Waals surface area contributed by atoms with Crippen LogP contribution in [-0.2, 0) is 10.3 Å². The van der Waals surface area contributed by atoms with Crippen molar-refractivity contribution in [1.29, 1.82) is 0 Å². The molecule has 3 aliphatic carbocycles. The molecule has 18 heavy (non-hydrogen) atoms. The van der Waals surface area contributed by atoms with Crippen LogP contribution in [0.2, 0.25) is 0 Å². The molecular weight excluding hydrogens is 251 g/mol. The first-order valence-electron chi connectivity index (χ1n) is 5.40. The fourth-order valence-corrected chi connectivity index (χ4v) is 2.97. The maximum absolute atomic E-state index is 12.7. The average Bonchev–Trinajstić information content (AvgIpc) is 2.59. The summed E-state index contributed by atoms with van der Waals surface area (Å²) in [5, 5.41) is 7.33. The summed E-state index contributed by atoms with van der Waals surface area (Å²) in [5.74, 6) is -0.640. The van der Waals surface area contributed by atoms with Crippen molar-refractivity contribution in [2.75, 3.05) is 7.11 Å². The van der Waals surface area contributed by atoms with E-state index >= 15 is 0 Å². The van der Waals surface area contributed by atoms with Crippen LogP contribution in [0.25, 0.3) is 0 Å². The zero-order chi connectivity index (χ0) is 13.2. The molecule has 98 valence electrons. The highest BCUT2D eigenvalue weighted by Gasteiger charge is 2.79. The van der Waals surface area contributed by atoms with Gasteiger partial charge in [0.2, 0.25) is 0 Å². The van der Waals surface area contributed by atoms with Gasteiger partial charge in [0.1, 0.15) is 0 Å². The van der Waals surface area contributed by atoms with E-state index in [1.54, 1.807) is 0 Å². The molecule has 3 aliphatic rings. The molecule has 5 nitrogen and oxygen atoms in total. The van der Waals surface area contributed by atoms with Crippen molar-refractivity contribution in [3.63, 3.8) is 0 Å². The molecule has 1 aromatic rings. The number of hydrogen-bond donors (Lipinski definition) is 0. The number of halogens is 3. The molecule has 3 fully saturated rings. The van der Waals surface area contributed by atoms with Gasteiger partial charge in [-0.1, -0.05) is 5.21 Å². The first-order chi connectivity index (χ1) is 8.32. The first-order valence-corrected chi connectivity index (χ1v) is 5.40. The van der Waals surface area contributed by atoms with E-state index in [0.29, 0.717) is 0 Å². The molecule has 0 unspecified atom stereocenters. The molecule has 2 bridgehead atoms. The van der Waals surface area contributed by atoms with Crippen molar-refractivity contribution in [2.24, 2.45) is 5.41 Å². The van der Waals surface area contributed by atoms with Crippen molar-refractivity contribution in [3.05, 3.63) is 11.9 Å². The van der Waals surface area contributed by atoms with E-state index in [9.17, 15) is 18.0 Å². The highest BCUT2D eigenvalue weighted by Crippen LogP contribution is 2.76. The summed E-state index contributed by atoms with van der Waals surface area (Å²) in [5.41, 5.74) is -2.12. The lowest BCUT2D eigenvalue weighted by Crippen LogP contribution is -2.73. The molecule has 0 N–H and O–H groups in total. The number of methoxy groups -OCH3 is 1. The maximum Gasteiger partial charge on any atom is 0.394 e. The fraction of sp³-hybridized carbons (Fsp3) is 0.700. The Hall–Kier alpha value is -1.60. The minimum absolute atomic E-state index is 0.0169. The minimum Gasteiger partial charge on any atom is -0.464 e. The Bertz CT molecular complexity index is 503. The summed E-state index contributed by atoms with van der Waals surface area (Å²) in [6, 6.07) is 0. The molecule has 0 aromatic carbocycles. The number of ether oxygens (including phenoxy) is 1. The van der Waals surface area contributed by atoms with Gasteiger partial charge in [-0.3, -0.25) is 0 Å². The smallest absolute Gasteiger partial charge is 0.394 e. The predicted molar refractivity (Wildman–Crippen MR) is 51.7 cm³/mol. The van der Waals surface area contributed by atoms with Crippen molar-refractivity contribution in [1.82, 2.24) is 15.0 Å². The van der Waals surface area contributed by atoms with Crippen LogP contribution in [0, 0.1) is 5.41 Å². The third-order valence-electron chi connectivity index (χ3n) is 3.98. The van der Waals surface area contributed by atoms with E-state index in [-0.39, 0.29) is 25.0 Å². The quantitative estimate of drug-likeness (QED) is 0.757. The van der Waals surface area contributed by atoms with Gasteiger partial charge < -0.3 is 4.74 Å². The normalized spacial score (nSPS) is 33.6. The zero-order valence-electron chi connectivity index (χ0n) is 9.49. The zero-order valence-corrected chi connectivity index (χ0v) is 9.49. The number of rotatable bonds is 2. The van der Waals surface area contributed by atoms with Crippen molar-refractivity contribution >= 4 is 5.97 Å². The number of hydrogen-bond acceptors (Lipinski definition) is 4. The highest BCUT2D eigenvalue weighted by atomic mass is 19.4. The van der Waals surface area contributed by atoms with Crippen molar-refractivity contribution in [2.45, 2.75) is 31.0 Å². The van der Waals surface area contributed by atoms with Gasteiger partial charge in [0.15, 0.2) is 5.69 Å². The summed E-state index contributed by atoms with van der Waals surface area (Å²) in [6.07, 6.45) is -2.74. The number of esters is 1. The lowest BCUT2D eigenvalue weighted by molar-refractivity contribution is -0.356. The topological polar surface area (TPSA) is 57.0 Å². The molecule has 8 heteroatoms. The van der Waals surface area contributed by atoms with E-state index in [0.717, 1.165) is 0 Å². The lowest BCUT2D eigenvalue weighted by Gasteiger charge is -2.69. The van der Waals surface area contributed by atoms with Crippen LogP contribution in [0.3, 0.4) is 0 Å². The molecule has 0 atom stereocenters. The fourth-order valence-electron chi connectivity index (χ4n) is 2.97. The van der Waals surface area contributed by atoms with Gasteiger partial charge in [-0.05, 0) is 19.3 Å². The third-order valence-corrected chi connectivity index (χ3v) is 3.98. The molecule has 3 saturated carbocycles. The van der Waals surface area contributed by atoms with Gasteiger partial charge in [-0.15, -0.1) is 5.10 Å². The van der Waals surface area contributed by atoms with E-state index in [4.69, 9.17) is 0 Å². The van der Waals surface area contributed by atoms with Gasteiger partial charge in [0.25, 0.3) is 0 Å². The molecule has 0 radical (unpaired) electrons. The van der Waals surface area contributed by atoms with E-state index in [1.165, 1.54) is 18.0 Å². The Balaban J connectivity index is 1.77. The van der Waals surface area contributed by atoms with E-state index in [1.807, 2.05) is 0 Å². The number of carbonyl (C=O) groups excluding carboxylic acids is 1. The van der Waals surface area contributed by atoms with Crippen LogP contribution in [0.5, 0.6) is 0 Å². The van der Waals surface area contributed by atoms with E-state index in [2.05, 4.69) is 15.0 Å². The number of carbonyl (C=O) groups is 1. The summed E-state index contributed by atoms with van der Waals surface area (Å²) in [6.45, 7) is 0. The van der Waals surface area contributed by atoms with Crippen LogP contribution in [0.4, 0.5) is 13.2 Å². The first kappa shape index (κ1) is 11.5. The molecule has 1 aromatic heterocycles. The monoisotopic (exact) mass is 261 g/mol. The predicted octanol–water partition coefficient (Wildman–Crippen LogP) is 1.51. The van der Waals surface area contributed by atoms with Crippen molar-refractivity contribution in [3.8, 4) is 0 Å². The van der Waals surface area contributed by atoms with Gasteiger partial charge >= 0.3 is 12.1 Å². The molecular formula is C10H10F3N3O2. The Morgan fingerprint density at radius 1 is 1.44 bits per heavy atom. The second-order valence-corrected chi connectivity index (χ2v) is 5.07. The Morgan fingerprint density at radius 2 is 2.06 bits per heavy atom. The SMILES string of the molecule is COC(=O)c1cn(C23CC(C(F)(F)F)(C2)C3)nn1. The number of nitrogens with zero attached hydrogens (tertiary/aromatic N) is 3. The minimum atomic E-state index is -4.15. The molecule has 0 saturated heterocycles. The Morgan fingerprint density at radius 3 is 2.56 bits per heavy atom. The van der Waals surface area contributed by atoms with Crippen LogP contribution < -0.4 is 0 Å². The van der Waals surface area contributed by atoms with Gasteiger partial charge in [-0.2, -0.15) is 13.2 Å². The van der Waals surface area contributed by atoms with Gasteiger partial charge in [0, 0.05) is 0 Å². The third kappa shape index (κ3) is 1.20. The molecule has 1 heterocycles. The van der Waals surface area contributed by atoms with Crippen LogP contribution in [0.15, 0.2) is 6.20 Å². The van der Waals surface area contributed by atoms with Crippen LogP contribution in [-0.4, -0.2) is 34.2 Å². The van der Waals surface area contributed by atoms with Gasteiger partial charge in [-0.25, -0.2) is 9.48 Å². The Kier molecular flexibility index (Phi) is 1.94. The highest BCUT2D eigenvalue weighted by molar-refractivity contribution is 5.86. The summed E-state index contributed by atoms with van der Waals surface area (Å²) >= 11 is 0. The molecule has 0 spiro atoms. The largest absolute Gasteiger partial charge is 0.464 e. The standard InChI is InChI=1S/C10H10F3N3O2/c1-18-7(17)6-2-16(15-14-6)9-3-8(4-9,5-9)10(11,12)13/h2H,3-5H2,1H3. The second-order valence-electron chi connectivity index (χ2n) is 5.07. The number of aromatic nitrogens is 3. The summed E-state index contributed by atoms with van der Waals surface area (Å²) in [4.78, 5) is 11.2. The number of alkyl halides is 3. The van der Waals surface area contributed by atoms with E-state index < -0.39 is 23.1 Å². The summed E-state index contributed by atoms with van der Waals surface area (Å²) < 4.78 is 43.9. The maximum atomic E-state index is 12.7. The molecule has 0 amide bonds. The molecule has 4 rings (SSSR count). The lowest BCUT2D eigenvalue weighted by atomic mass is 9.39. The Labute approximate surface area is 99.9 Å². The average molecular weight is 261 g/mol. The van der Waals surface area contributed by atoms with Crippen LogP contribution >= 0.6 is 0 Å². The summed E-state index contributed by atoms with van der Waals surface area (Å²) in [7, 11) is 1.21. The van der Waals surface area contributed by atoms with Gasteiger partial charge in [0.05, 0.1) is 24.3 Å². The molecule has 0 aliphatic heterocycles.